The first-order chi connectivity index (χ1) is 12.9. The van der Waals surface area contributed by atoms with Crippen LogP contribution in [0.2, 0.25) is 0 Å². The van der Waals surface area contributed by atoms with Gasteiger partial charge in [-0.2, -0.15) is 4.31 Å². The maximum atomic E-state index is 12.2. The summed E-state index contributed by atoms with van der Waals surface area (Å²) in [5, 5.41) is 2.73. The van der Waals surface area contributed by atoms with Crippen molar-refractivity contribution in [2.75, 3.05) is 24.7 Å². The number of anilines is 1. The van der Waals surface area contributed by atoms with E-state index in [2.05, 4.69) is 5.32 Å². The molecule has 1 N–H and O–H groups in total. The van der Waals surface area contributed by atoms with Crippen molar-refractivity contribution in [3.05, 3.63) is 54.6 Å². The van der Waals surface area contributed by atoms with Gasteiger partial charge in [-0.1, -0.05) is 38.0 Å². The second-order valence-electron chi connectivity index (χ2n) is 6.29. The molecule has 7 heteroatoms. The van der Waals surface area contributed by atoms with Crippen LogP contribution in [-0.2, 0) is 14.8 Å². The summed E-state index contributed by atoms with van der Waals surface area (Å²) in [5.74, 6) is 1.01. The molecule has 0 spiro atoms. The third kappa shape index (κ3) is 7.40. The van der Waals surface area contributed by atoms with Gasteiger partial charge < -0.3 is 10.1 Å². The van der Waals surface area contributed by atoms with Gasteiger partial charge in [-0.25, -0.2) is 8.42 Å². The van der Waals surface area contributed by atoms with Crippen LogP contribution < -0.4 is 10.1 Å². The van der Waals surface area contributed by atoms with Crippen molar-refractivity contribution in [1.82, 2.24) is 4.31 Å². The van der Waals surface area contributed by atoms with Crippen LogP contribution in [-0.4, -0.2) is 38.0 Å². The van der Waals surface area contributed by atoms with Gasteiger partial charge in [0.05, 0.1) is 12.8 Å². The number of ether oxygens (including phenoxy) is 1. The molecule has 0 aliphatic heterocycles. The van der Waals surface area contributed by atoms with Gasteiger partial charge in [0.1, 0.15) is 11.5 Å². The summed E-state index contributed by atoms with van der Waals surface area (Å²) in [6, 6.07) is 16.3. The van der Waals surface area contributed by atoms with Crippen LogP contribution in [0.3, 0.4) is 0 Å². The number of benzene rings is 2. The van der Waals surface area contributed by atoms with E-state index >= 15 is 0 Å². The lowest BCUT2D eigenvalue weighted by atomic mass is 10.2. The van der Waals surface area contributed by atoms with Gasteiger partial charge >= 0.3 is 0 Å². The number of para-hydroxylation sites is 1. The van der Waals surface area contributed by atoms with Crippen LogP contribution in [0.5, 0.6) is 11.5 Å². The van der Waals surface area contributed by atoms with E-state index in [0.717, 1.165) is 31.3 Å². The molecule has 0 saturated carbocycles. The molecule has 0 aliphatic rings. The van der Waals surface area contributed by atoms with Crippen LogP contribution in [0.25, 0.3) is 0 Å². The summed E-state index contributed by atoms with van der Waals surface area (Å²) >= 11 is 0. The van der Waals surface area contributed by atoms with E-state index in [4.69, 9.17) is 4.74 Å². The van der Waals surface area contributed by atoms with E-state index < -0.39 is 10.0 Å². The average Bonchev–Trinajstić information content (AvgIpc) is 2.63. The van der Waals surface area contributed by atoms with E-state index in [9.17, 15) is 13.2 Å². The number of sulfonamides is 1. The highest BCUT2D eigenvalue weighted by Crippen LogP contribution is 2.22. The molecular weight excluding hydrogens is 364 g/mol. The molecule has 0 unspecified atom stereocenters. The lowest BCUT2D eigenvalue weighted by Gasteiger charge is -2.19. The zero-order valence-electron chi connectivity index (χ0n) is 15.7. The summed E-state index contributed by atoms with van der Waals surface area (Å²) in [6.07, 6.45) is 3.78. The Morgan fingerprint density at radius 3 is 2.22 bits per heavy atom. The Morgan fingerprint density at radius 1 is 1.00 bits per heavy atom. The maximum Gasteiger partial charge on any atom is 0.239 e. The molecule has 0 saturated heterocycles. The molecule has 0 radical (unpaired) electrons. The monoisotopic (exact) mass is 390 g/mol. The first-order valence-electron chi connectivity index (χ1n) is 8.96. The van der Waals surface area contributed by atoms with E-state index in [1.54, 1.807) is 24.3 Å². The molecule has 0 fully saturated rings. The lowest BCUT2D eigenvalue weighted by molar-refractivity contribution is -0.116. The van der Waals surface area contributed by atoms with E-state index in [-0.39, 0.29) is 12.5 Å². The molecule has 0 atom stereocenters. The molecule has 146 valence electrons. The predicted molar refractivity (Wildman–Crippen MR) is 108 cm³/mol. The third-order valence-corrected chi connectivity index (χ3v) is 5.17. The second-order valence-corrected chi connectivity index (χ2v) is 8.27. The summed E-state index contributed by atoms with van der Waals surface area (Å²) < 4.78 is 30.6. The number of hydrogen-bond donors (Lipinski definition) is 1. The van der Waals surface area contributed by atoms with Gasteiger partial charge in [-0.05, 0) is 42.8 Å². The van der Waals surface area contributed by atoms with Crippen LogP contribution in [0.15, 0.2) is 54.6 Å². The number of hydrogen-bond acceptors (Lipinski definition) is 4. The Kier molecular flexibility index (Phi) is 7.82. The van der Waals surface area contributed by atoms with Crippen LogP contribution in [0, 0.1) is 0 Å². The SMILES string of the molecule is CCCCCN(CC(=O)Nc1ccc(Oc2ccccc2)cc1)S(C)(=O)=O. The quantitative estimate of drug-likeness (QED) is 0.625. The van der Waals surface area contributed by atoms with Gasteiger partial charge in [-0.3, -0.25) is 4.79 Å². The highest BCUT2D eigenvalue weighted by molar-refractivity contribution is 7.88. The van der Waals surface area contributed by atoms with E-state index in [0.29, 0.717) is 18.0 Å². The van der Waals surface area contributed by atoms with Crippen molar-refractivity contribution in [1.29, 1.82) is 0 Å². The first kappa shape index (κ1) is 20.9. The molecule has 0 heterocycles. The van der Waals surface area contributed by atoms with Gasteiger partial charge in [0.2, 0.25) is 15.9 Å². The van der Waals surface area contributed by atoms with Crippen LogP contribution in [0.4, 0.5) is 5.69 Å². The molecule has 0 aromatic heterocycles. The number of unbranched alkanes of at least 4 members (excludes halogenated alkanes) is 2. The minimum atomic E-state index is -3.42. The molecule has 2 aromatic carbocycles. The lowest BCUT2D eigenvalue weighted by Crippen LogP contribution is -2.38. The van der Waals surface area contributed by atoms with Crippen LogP contribution >= 0.6 is 0 Å². The van der Waals surface area contributed by atoms with Gasteiger partial charge in [-0.15, -0.1) is 0 Å². The third-order valence-electron chi connectivity index (χ3n) is 3.92. The largest absolute Gasteiger partial charge is 0.457 e. The highest BCUT2D eigenvalue weighted by atomic mass is 32.2. The Hall–Kier alpha value is -2.38. The average molecular weight is 391 g/mol. The molecular formula is C20H26N2O4S. The van der Waals surface area contributed by atoms with Crippen molar-refractivity contribution >= 4 is 21.6 Å². The highest BCUT2D eigenvalue weighted by Gasteiger charge is 2.19. The van der Waals surface area contributed by atoms with Gasteiger partial charge in [0, 0.05) is 12.2 Å². The summed E-state index contributed by atoms with van der Waals surface area (Å²) in [4.78, 5) is 12.2. The zero-order valence-corrected chi connectivity index (χ0v) is 16.5. The normalized spacial score (nSPS) is 11.4. The Morgan fingerprint density at radius 2 is 1.63 bits per heavy atom. The minimum Gasteiger partial charge on any atom is -0.457 e. The fraction of sp³-hybridized carbons (Fsp3) is 0.350. The second kappa shape index (κ2) is 10.1. The molecule has 2 rings (SSSR count). The molecule has 27 heavy (non-hydrogen) atoms. The molecule has 2 aromatic rings. The molecule has 0 aliphatic carbocycles. The zero-order chi connectivity index (χ0) is 19.7. The van der Waals surface area contributed by atoms with Crippen molar-refractivity contribution in [2.24, 2.45) is 0 Å². The number of nitrogens with zero attached hydrogens (tertiary/aromatic N) is 1. The fourth-order valence-electron chi connectivity index (χ4n) is 2.49. The Bertz CT molecular complexity index is 821. The number of carbonyl (C=O) groups is 1. The predicted octanol–water partition coefficient (Wildman–Crippen LogP) is 3.87. The van der Waals surface area contributed by atoms with E-state index in [1.807, 2.05) is 37.3 Å². The summed E-state index contributed by atoms with van der Waals surface area (Å²) in [6.45, 7) is 2.21. The summed E-state index contributed by atoms with van der Waals surface area (Å²) in [7, 11) is -3.42. The maximum absolute atomic E-state index is 12.2. The first-order valence-corrected chi connectivity index (χ1v) is 10.8. The molecule has 1 amide bonds. The standard InChI is InChI=1S/C20H26N2O4S/c1-3-4-8-15-22(27(2,24)25)16-20(23)21-17-11-13-19(14-12-17)26-18-9-6-5-7-10-18/h5-7,9-14H,3-4,8,15-16H2,1-2H3,(H,21,23). The van der Waals surface area contributed by atoms with E-state index in [1.165, 1.54) is 4.31 Å². The minimum absolute atomic E-state index is 0.190. The van der Waals surface area contributed by atoms with Gasteiger partial charge in [0.15, 0.2) is 0 Å². The molecule has 0 bridgehead atoms. The van der Waals surface area contributed by atoms with Crippen molar-refractivity contribution in [2.45, 2.75) is 26.2 Å². The van der Waals surface area contributed by atoms with Crippen molar-refractivity contribution < 1.29 is 17.9 Å². The van der Waals surface area contributed by atoms with Crippen molar-refractivity contribution in [3.63, 3.8) is 0 Å². The number of carbonyl (C=O) groups excluding carboxylic acids is 1. The smallest absolute Gasteiger partial charge is 0.239 e. The Labute approximate surface area is 161 Å². The topological polar surface area (TPSA) is 75.7 Å². The number of amides is 1. The molecule has 6 nitrogen and oxygen atoms in total. The Balaban J connectivity index is 1.92. The summed E-state index contributed by atoms with van der Waals surface area (Å²) in [5.41, 5.74) is 0.586. The van der Waals surface area contributed by atoms with Crippen molar-refractivity contribution in [3.8, 4) is 11.5 Å². The fourth-order valence-corrected chi connectivity index (χ4v) is 3.30. The number of rotatable bonds is 10. The van der Waals surface area contributed by atoms with Crippen LogP contribution in [0.1, 0.15) is 26.2 Å². The number of nitrogens with one attached hydrogen (secondary N) is 1. The van der Waals surface area contributed by atoms with Gasteiger partial charge in [0.25, 0.3) is 0 Å².